The van der Waals surface area contributed by atoms with Gasteiger partial charge >= 0.3 is 0 Å². The number of rotatable bonds is 3. The molecule has 2 N–H and O–H groups in total. The maximum absolute atomic E-state index is 11.4. The van der Waals surface area contributed by atoms with Gasteiger partial charge in [0.25, 0.3) is 5.91 Å². The highest BCUT2D eigenvalue weighted by atomic mass is 16.3. The summed E-state index contributed by atoms with van der Waals surface area (Å²) >= 11 is 0. The minimum atomic E-state index is -0.482. The first-order chi connectivity index (χ1) is 6.29. The smallest absolute Gasteiger partial charge is 0.257 e. The van der Waals surface area contributed by atoms with Gasteiger partial charge < -0.3 is 10.2 Å². The van der Waals surface area contributed by atoms with Gasteiger partial charge in [0.1, 0.15) is 13.5 Å². The van der Waals surface area contributed by atoms with Crippen molar-refractivity contribution in [2.24, 2.45) is 0 Å². The first kappa shape index (κ1) is 9.70. The second-order valence-electron chi connectivity index (χ2n) is 2.49. The lowest BCUT2D eigenvalue weighted by molar-refractivity contribution is 0.0240. The van der Waals surface area contributed by atoms with Gasteiger partial charge in [-0.05, 0) is 12.1 Å². The molecule has 1 aromatic carbocycles. The maximum atomic E-state index is 11.4. The first-order valence-corrected chi connectivity index (χ1v) is 3.85. The van der Waals surface area contributed by atoms with Gasteiger partial charge in [0, 0.05) is 5.56 Å². The highest BCUT2D eigenvalue weighted by molar-refractivity contribution is 5.93. The number of aliphatic hydroxyl groups excluding tert-OH is 2. The fourth-order valence-electron chi connectivity index (χ4n) is 0.936. The molecule has 1 aromatic rings. The van der Waals surface area contributed by atoms with E-state index in [-0.39, 0.29) is 5.91 Å². The second kappa shape index (κ2) is 4.59. The minimum absolute atomic E-state index is 0.384. The van der Waals surface area contributed by atoms with Gasteiger partial charge in [-0.2, -0.15) is 0 Å². The number of carbonyl (C=O) groups excluding carboxylic acids is 1. The third kappa shape index (κ3) is 2.27. The molecule has 0 spiro atoms. The molecule has 13 heavy (non-hydrogen) atoms. The Morgan fingerprint density at radius 2 is 1.69 bits per heavy atom. The van der Waals surface area contributed by atoms with Crippen LogP contribution in [0.3, 0.4) is 0 Å². The zero-order chi connectivity index (χ0) is 9.68. The summed E-state index contributed by atoms with van der Waals surface area (Å²) in [5.74, 6) is -0.384. The van der Waals surface area contributed by atoms with Gasteiger partial charge in [-0.1, -0.05) is 18.2 Å². The molecule has 1 rings (SSSR count). The summed E-state index contributed by atoms with van der Waals surface area (Å²) in [6.45, 7) is -0.964. The lowest BCUT2D eigenvalue weighted by atomic mass is 10.2. The number of nitrogens with zero attached hydrogens (tertiary/aromatic N) is 1. The Labute approximate surface area is 76.0 Å². The minimum Gasteiger partial charge on any atom is -0.376 e. The second-order valence-corrected chi connectivity index (χ2v) is 2.49. The van der Waals surface area contributed by atoms with E-state index in [1.807, 2.05) is 0 Å². The Balaban J connectivity index is 2.78. The van der Waals surface area contributed by atoms with E-state index in [0.717, 1.165) is 4.90 Å². The van der Waals surface area contributed by atoms with E-state index < -0.39 is 13.5 Å². The molecule has 0 saturated carbocycles. The van der Waals surface area contributed by atoms with Crippen molar-refractivity contribution in [3.05, 3.63) is 35.9 Å². The molecule has 0 saturated heterocycles. The van der Waals surface area contributed by atoms with Crippen LogP contribution in [-0.2, 0) is 0 Å². The highest BCUT2D eigenvalue weighted by Crippen LogP contribution is 2.02. The average Bonchev–Trinajstić information content (AvgIpc) is 2.21. The largest absolute Gasteiger partial charge is 0.376 e. The molecule has 0 aromatic heterocycles. The lowest BCUT2D eigenvalue weighted by Gasteiger charge is -2.16. The van der Waals surface area contributed by atoms with Gasteiger partial charge in [0.05, 0.1) is 0 Å². The van der Waals surface area contributed by atoms with Crippen LogP contribution in [-0.4, -0.2) is 34.5 Å². The van der Waals surface area contributed by atoms with Gasteiger partial charge in [-0.15, -0.1) is 0 Å². The molecule has 0 radical (unpaired) electrons. The molecule has 0 aliphatic rings. The van der Waals surface area contributed by atoms with Crippen molar-refractivity contribution in [1.82, 2.24) is 4.90 Å². The molecular weight excluding hydrogens is 170 g/mol. The Morgan fingerprint density at radius 1 is 1.15 bits per heavy atom. The third-order valence-electron chi connectivity index (χ3n) is 1.65. The molecular formula is C9H11NO3. The summed E-state index contributed by atoms with van der Waals surface area (Å²) < 4.78 is 0. The molecule has 0 bridgehead atoms. The van der Waals surface area contributed by atoms with Crippen LogP contribution < -0.4 is 0 Å². The van der Waals surface area contributed by atoms with Gasteiger partial charge in [0.2, 0.25) is 0 Å². The van der Waals surface area contributed by atoms with Crippen LogP contribution in [0.4, 0.5) is 0 Å². The predicted octanol–water partition coefficient (Wildman–Crippen LogP) is 0.0284. The zero-order valence-corrected chi connectivity index (χ0v) is 7.05. The molecule has 0 aliphatic carbocycles. The number of hydrogen-bond donors (Lipinski definition) is 2. The van der Waals surface area contributed by atoms with E-state index in [1.165, 1.54) is 0 Å². The highest BCUT2D eigenvalue weighted by Gasteiger charge is 2.12. The van der Waals surface area contributed by atoms with Crippen LogP contribution in [0.5, 0.6) is 0 Å². The van der Waals surface area contributed by atoms with Gasteiger partial charge in [-0.25, -0.2) is 0 Å². The first-order valence-electron chi connectivity index (χ1n) is 3.85. The molecule has 4 heteroatoms. The van der Waals surface area contributed by atoms with Crippen LogP contribution in [0, 0.1) is 0 Å². The molecule has 0 heterocycles. The van der Waals surface area contributed by atoms with Gasteiger partial charge in [0.15, 0.2) is 0 Å². The maximum Gasteiger partial charge on any atom is 0.257 e. The fourth-order valence-corrected chi connectivity index (χ4v) is 0.936. The third-order valence-corrected chi connectivity index (χ3v) is 1.65. The summed E-state index contributed by atoms with van der Waals surface area (Å²) in [5.41, 5.74) is 0.450. The predicted molar refractivity (Wildman–Crippen MR) is 46.8 cm³/mol. The topological polar surface area (TPSA) is 60.8 Å². The number of amides is 1. The summed E-state index contributed by atoms with van der Waals surface area (Å²) in [6.07, 6.45) is 0. The number of carbonyl (C=O) groups is 1. The average molecular weight is 181 g/mol. The van der Waals surface area contributed by atoms with Crippen molar-refractivity contribution in [1.29, 1.82) is 0 Å². The van der Waals surface area contributed by atoms with E-state index in [4.69, 9.17) is 10.2 Å². The Bertz CT molecular complexity index is 269. The van der Waals surface area contributed by atoms with Crippen LogP contribution in [0.15, 0.2) is 30.3 Å². The monoisotopic (exact) mass is 181 g/mol. The summed E-state index contributed by atoms with van der Waals surface area (Å²) in [7, 11) is 0. The molecule has 0 unspecified atom stereocenters. The van der Waals surface area contributed by atoms with Crippen LogP contribution in [0.2, 0.25) is 0 Å². The molecule has 0 aliphatic heterocycles. The number of hydrogen-bond acceptors (Lipinski definition) is 3. The Morgan fingerprint density at radius 3 is 2.15 bits per heavy atom. The van der Waals surface area contributed by atoms with Crippen molar-refractivity contribution in [2.45, 2.75) is 0 Å². The van der Waals surface area contributed by atoms with E-state index in [9.17, 15) is 4.79 Å². The molecule has 0 fully saturated rings. The molecule has 4 nitrogen and oxygen atoms in total. The normalized spacial score (nSPS) is 9.69. The van der Waals surface area contributed by atoms with Crippen LogP contribution >= 0.6 is 0 Å². The standard InChI is InChI=1S/C9H11NO3/c11-6-10(7-12)9(13)8-4-2-1-3-5-8/h1-5,11-12H,6-7H2. The Kier molecular flexibility index (Phi) is 3.42. The molecule has 0 atom stereocenters. The van der Waals surface area contributed by atoms with E-state index in [2.05, 4.69) is 0 Å². The number of benzene rings is 1. The molecule has 1 amide bonds. The lowest BCUT2D eigenvalue weighted by Crippen LogP contribution is -2.32. The van der Waals surface area contributed by atoms with E-state index >= 15 is 0 Å². The van der Waals surface area contributed by atoms with Crippen molar-refractivity contribution >= 4 is 5.91 Å². The quantitative estimate of drug-likeness (QED) is 0.647. The zero-order valence-electron chi connectivity index (χ0n) is 7.05. The SMILES string of the molecule is O=C(c1ccccc1)N(CO)CO. The van der Waals surface area contributed by atoms with Crippen molar-refractivity contribution in [3.8, 4) is 0 Å². The summed E-state index contributed by atoms with van der Waals surface area (Å²) in [4.78, 5) is 12.3. The summed E-state index contributed by atoms with van der Waals surface area (Å²) in [5, 5.41) is 17.4. The fraction of sp³-hybridized carbons (Fsp3) is 0.222. The van der Waals surface area contributed by atoms with Crippen molar-refractivity contribution in [2.75, 3.05) is 13.5 Å². The van der Waals surface area contributed by atoms with Crippen molar-refractivity contribution in [3.63, 3.8) is 0 Å². The van der Waals surface area contributed by atoms with Gasteiger partial charge in [-0.3, -0.25) is 9.69 Å². The Hall–Kier alpha value is -1.39. The van der Waals surface area contributed by atoms with E-state index in [0.29, 0.717) is 5.56 Å². The van der Waals surface area contributed by atoms with E-state index in [1.54, 1.807) is 30.3 Å². The summed E-state index contributed by atoms with van der Waals surface area (Å²) in [6, 6.07) is 8.49. The van der Waals surface area contributed by atoms with Crippen molar-refractivity contribution < 1.29 is 15.0 Å². The van der Waals surface area contributed by atoms with Crippen LogP contribution in [0.1, 0.15) is 10.4 Å². The van der Waals surface area contributed by atoms with Crippen LogP contribution in [0.25, 0.3) is 0 Å². The number of aliphatic hydroxyl groups is 2. The molecule has 70 valence electrons.